The Bertz CT molecular complexity index is 1280. The van der Waals surface area contributed by atoms with Gasteiger partial charge in [0.2, 0.25) is 0 Å². The Morgan fingerprint density at radius 2 is 1.91 bits per heavy atom. The monoisotopic (exact) mass is 523 g/mol. The summed E-state index contributed by atoms with van der Waals surface area (Å²) in [5.41, 5.74) is 6.71. The first kappa shape index (κ1) is 21.3. The zero-order chi connectivity index (χ0) is 22.4. The van der Waals surface area contributed by atoms with Crippen LogP contribution in [0.4, 0.5) is 5.69 Å². The molecule has 4 aromatic rings. The highest BCUT2D eigenvalue weighted by atomic mass is 79.9. The van der Waals surface area contributed by atoms with Crippen molar-refractivity contribution in [3.05, 3.63) is 92.9 Å². The van der Waals surface area contributed by atoms with E-state index in [0.29, 0.717) is 5.11 Å². The molecule has 0 saturated carbocycles. The highest BCUT2D eigenvalue weighted by Gasteiger charge is 2.42. The molecule has 1 N–H and O–H groups in total. The Labute approximate surface area is 205 Å². The van der Waals surface area contributed by atoms with Gasteiger partial charge in [-0.1, -0.05) is 22.0 Å². The lowest BCUT2D eigenvalue weighted by Crippen LogP contribution is -2.29. The van der Waals surface area contributed by atoms with Crippen LogP contribution in [0.1, 0.15) is 40.3 Å². The molecule has 2 unspecified atom stereocenters. The summed E-state index contributed by atoms with van der Waals surface area (Å²) in [6.07, 6.45) is 3.68. The van der Waals surface area contributed by atoms with Crippen LogP contribution in [0.5, 0.6) is 0 Å². The molecule has 1 saturated heterocycles. The van der Waals surface area contributed by atoms with Crippen molar-refractivity contribution in [3.63, 3.8) is 0 Å². The van der Waals surface area contributed by atoms with E-state index >= 15 is 0 Å². The molecule has 0 aliphatic carbocycles. The zero-order valence-electron chi connectivity index (χ0n) is 17.9. The van der Waals surface area contributed by atoms with E-state index in [0.717, 1.165) is 32.4 Å². The Balaban J connectivity index is 1.69. The summed E-state index contributed by atoms with van der Waals surface area (Å²) in [5.74, 6) is 0. The van der Waals surface area contributed by atoms with E-state index < -0.39 is 0 Å². The molecule has 1 aromatic carbocycles. The maximum absolute atomic E-state index is 5.87. The van der Waals surface area contributed by atoms with Crippen LogP contribution in [0.2, 0.25) is 0 Å². The highest BCUT2D eigenvalue weighted by molar-refractivity contribution is 9.10. The fourth-order valence-electron chi connectivity index (χ4n) is 4.44. The van der Waals surface area contributed by atoms with Gasteiger partial charge >= 0.3 is 0 Å². The van der Waals surface area contributed by atoms with E-state index in [1.165, 1.54) is 11.1 Å². The largest absolute Gasteiger partial charge is 0.351 e. The third-order valence-corrected chi connectivity index (χ3v) is 7.88. The van der Waals surface area contributed by atoms with Gasteiger partial charge in [0.05, 0.1) is 17.8 Å². The van der Waals surface area contributed by atoms with Crippen LogP contribution in [0, 0.1) is 20.8 Å². The lowest BCUT2D eigenvalue weighted by molar-refractivity contribution is 0.565. The highest BCUT2D eigenvalue weighted by Crippen LogP contribution is 2.44. The SMILES string of the molecule is Cc1cc(N2C(=S)NC(c3ccccn3)C2c2cc(C)n(-c3nccs3)c2C)ccc1Br. The maximum atomic E-state index is 5.87. The fourth-order valence-corrected chi connectivity index (χ4v) is 5.78. The molecule has 8 heteroatoms. The van der Waals surface area contributed by atoms with Crippen molar-refractivity contribution in [2.24, 2.45) is 0 Å². The van der Waals surface area contributed by atoms with Crippen molar-refractivity contribution >= 4 is 50.3 Å². The quantitative estimate of drug-likeness (QED) is 0.323. The lowest BCUT2D eigenvalue weighted by Gasteiger charge is -2.28. The van der Waals surface area contributed by atoms with Crippen LogP contribution in [0.15, 0.2) is 64.7 Å². The third-order valence-electron chi connectivity index (χ3n) is 5.92. The number of hydrogen-bond acceptors (Lipinski definition) is 4. The number of thiocarbonyl (C=S) groups is 1. The lowest BCUT2D eigenvalue weighted by atomic mass is 9.96. The predicted molar refractivity (Wildman–Crippen MR) is 138 cm³/mol. The van der Waals surface area contributed by atoms with Gasteiger partial charge in [-0.25, -0.2) is 4.98 Å². The number of thiazole rings is 1. The fraction of sp³-hybridized carbons (Fsp3) is 0.208. The number of nitrogens with one attached hydrogen (secondary N) is 1. The molecular formula is C24H22BrN5S2. The van der Waals surface area contributed by atoms with Crippen LogP contribution < -0.4 is 10.2 Å². The van der Waals surface area contributed by atoms with Gasteiger partial charge in [0.25, 0.3) is 0 Å². The topological polar surface area (TPSA) is 46.0 Å². The third kappa shape index (κ3) is 3.56. The summed E-state index contributed by atoms with van der Waals surface area (Å²) in [6, 6.07) is 14.5. The molecule has 2 atom stereocenters. The van der Waals surface area contributed by atoms with Gasteiger partial charge in [0.15, 0.2) is 10.2 Å². The molecular weight excluding hydrogens is 502 g/mol. The van der Waals surface area contributed by atoms with Crippen molar-refractivity contribution in [1.29, 1.82) is 0 Å². The summed E-state index contributed by atoms with van der Waals surface area (Å²) in [4.78, 5) is 11.4. The zero-order valence-corrected chi connectivity index (χ0v) is 21.1. The number of pyridine rings is 1. The Kier molecular flexibility index (Phi) is 5.61. The van der Waals surface area contributed by atoms with Crippen LogP contribution in [-0.2, 0) is 0 Å². The predicted octanol–water partition coefficient (Wildman–Crippen LogP) is 6.19. The normalized spacial score (nSPS) is 18.2. The summed E-state index contributed by atoms with van der Waals surface area (Å²) < 4.78 is 3.31. The summed E-state index contributed by atoms with van der Waals surface area (Å²) >= 11 is 11.1. The number of nitrogens with zero attached hydrogens (tertiary/aromatic N) is 4. The van der Waals surface area contributed by atoms with Crippen molar-refractivity contribution in [2.75, 3.05) is 4.90 Å². The van der Waals surface area contributed by atoms with Crippen LogP contribution in [-0.4, -0.2) is 19.6 Å². The molecule has 1 fully saturated rings. The second kappa shape index (κ2) is 8.42. The van der Waals surface area contributed by atoms with Crippen molar-refractivity contribution in [2.45, 2.75) is 32.9 Å². The number of halogens is 1. The van der Waals surface area contributed by atoms with E-state index in [1.807, 2.05) is 29.9 Å². The first-order chi connectivity index (χ1) is 15.5. The first-order valence-corrected chi connectivity index (χ1v) is 12.4. The maximum Gasteiger partial charge on any atom is 0.193 e. The van der Waals surface area contributed by atoms with Gasteiger partial charge in [0.1, 0.15) is 0 Å². The minimum Gasteiger partial charge on any atom is -0.351 e. The average Bonchev–Trinajstić information content (AvgIpc) is 3.49. The van der Waals surface area contributed by atoms with Gasteiger partial charge in [-0.3, -0.25) is 9.55 Å². The Morgan fingerprint density at radius 3 is 2.59 bits per heavy atom. The molecule has 0 spiro atoms. The molecule has 0 amide bonds. The van der Waals surface area contributed by atoms with E-state index in [2.05, 4.69) is 91.8 Å². The van der Waals surface area contributed by atoms with Crippen molar-refractivity contribution in [3.8, 4) is 5.13 Å². The smallest absolute Gasteiger partial charge is 0.193 e. The second-order valence-corrected chi connectivity index (χ2v) is 10.0. The number of aromatic nitrogens is 3. The van der Waals surface area contributed by atoms with Gasteiger partial charge in [-0.2, -0.15) is 0 Å². The molecule has 5 rings (SSSR count). The summed E-state index contributed by atoms with van der Waals surface area (Å²) in [6.45, 7) is 6.38. The first-order valence-electron chi connectivity index (χ1n) is 10.3. The molecule has 3 aromatic heterocycles. The van der Waals surface area contributed by atoms with Crippen molar-refractivity contribution < 1.29 is 0 Å². The minimum absolute atomic E-state index is 0.0436. The van der Waals surface area contributed by atoms with Crippen LogP contribution in [0.3, 0.4) is 0 Å². The molecule has 0 bridgehead atoms. The van der Waals surface area contributed by atoms with Crippen molar-refractivity contribution in [1.82, 2.24) is 19.9 Å². The molecule has 32 heavy (non-hydrogen) atoms. The summed E-state index contributed by atoms with van der Waals surface area (Å²) in [7, 11) is 0. The second-order valence-electron chi connectivity index (χ2n) is 7.91. The minimum atomic E-state index is -0.0714. The molecule has 4 heterocycles. The van der Waals surface area contributed by atoms with E-state index in [-0.39, 0.29) is 12.1 Å². The van der Waals surface area contributed by atoms with E-state index in [1.54, 1.807) is 11.3 Å². The molecule has 1 aliphatic rings. The Morgan fingerprint density at radius 1 is 1.06 bits per heavy atom. The summed E-state index contributed by atoms with van der Waals surface area (Å²) in [5, 5.41) is 7.23. The standard InChI is InChI=1S/C24H22BrN5S2/c1-14-12-17(7-8-19(14)25)30-22(21(28-23(30)31)20-6-4-5-9-26-20)18-13-15(2)29(16(18)3)24-27-10-11-32-24/h4-13,21-22H,1-3H3,(H,28,31). The van der Waals surface area contributed by atoms with Crippen LogP contribution in [0.25, 0.3) is 5.13 Å². The Hall–Kier alpha value is -2.55. The average molecular weight is 525 g/mol. The van der Waals surface area contributed by atoms with Gasteiger partial charge in [-0.05, 0) is 80.5 Å². The van der Waals surface area contributed by atoms with E-state index in [4.69, 9.17) is 12.2 Å². The number of hydrogen-bond donors (Lipinski definition) is 1. The number of benzene rings is 1. The van der Waals surface area contributed by atoms with Gasteiger partial charge in [0, 0.05) is 39.3 Å². The molecule has 1 aliphatic heterocycles. The van der Waals surface area contributed by atoms with Crippen LogP contribution >= 0.6 is 39.5 Å². The molecule has 5 nitrogen and oxygen atoms in total. The number of aryl methyl sites for hydroxylation is 2. The molecule has 162 valence electrons. The van der Waals surface area contributed by atoms with E-state index in [9.17, 15) is 0 Å². The number of anilines is 1. The van der Waals surface area contributed by atoms with Gasteiger partial charge < -0.3 is 10.2 Å². The molecule has 0 radical (unpaired) electrons. The number of rotatable bonds is 4. The van der Waals surface area contributed by atoms with Gasteiger partial charge in [-0.15, -0.1) is 11.3 Å².